The Morgan fingerprint density at radius 1 is 1.27 bits per heavy atom. The van der Waals surface area contributed by atoms with Gasteiger partial charge in [-0.3, -0.25) is 4.72 Å². The van der Waals surface area contributed by atoms with Crippen LogP contribution in [0.3, 0.4) is 0 Å². The first-order valence-corrected chi connectivity index (χ1v) is 9.27. The topological polar surface area (TPSA) is 85.4 Å². The van der Waals surface area contributed by atoms with Crippen molar-refractivity contribution >= 4 is 54.6 Å². The smallest absolute Gasteiger partial charge is 0.349 e. The molecule has 0 unspecified atom stereocenters. The molecular weight excluding hydrogens is 344 g/mol. The van der Waals surface area contributed by atoms with E-state index < -0.39 is 16.0 Å². The summed E-state index contributed by atoms with van der Waals surface area (Å²) in [6.07, 6.45) is 0. The summed E-state index contributed by atoms with van der Waals surface area (Å²) >= 11 is 2.44. The van der Waals surface area contributed by atoms with Crippen LogP contribution in [-0.2, 0) is 14.8 Å². The molecule has 2 heterocycles. The van der Waals surface area contributed by atoms with E-state index in [1.54, 1.807) is 23.7 Å². The molecule has 0 radical (unpaired) electrons. The molecule has 0 fully saturated rings. The number of hydrogen-bond acceptors (Lipinski definition) is 7. The standard InChI is InChI=1S/C13H10N2O4S3/c1-19-13(16)12-11(4-5-20-12)22(17,18)15-8-2-3-9-10(6-8)21-7-14-9/h2-7,15H,1H3. The van der Waals surface area contributed by atoms with Crippen LogP contribution in [-0.4, -0.2) is 26.5 Å². The summed E-state index contributed by atoms with van der Waals surface area (Å²) in [5, 5.41) is 1.53. The largest absolute Gasteiger partial charge is 0.465 e. The van der Waals surface area contributed by atoms with Crippen LogP contribution < -0.4 is 4.72 Å². The van der Waals surface area contributed by atoms with Gasteiger partial charge in [0, 0.05) is 0 Å². The van der Waals surface area contributed by atoms with E-state index in [4.69, 9.17) is 0 Å². The number of nitrogens with zero attached hydrogens (tertiary/aromatic N) is 1. The zero-order valence-corrected chi connectivity index (χ0v) is 13.7. The first-order chi connectivity index (χ1) is 10.5. The van der Waals surface area contributed by atoms with Crippen LogP contribution in [0.5, 0.6) is 0 Å². The van der Waals surface area contributed by atoms with Crippen molar-refractivity contribution in [2.24, 2.45) is 0 Å². The molecule has 0 atom stereocenters. The third-order valence-electron chi connectivity index (χ3n) is 2.87. The first kappa shape index (κ1) is 14.9. The van der Waals surface area contributed by atoms with Gasteiger partial charge in [-0.05, 0) is 29.6 Å². The van der Waals surface area contributed by atoms with Gasteiger partial charge in [0.1, 0.15) is 9.77 Å². The fourth-order valence-electron chi connectivity index (χ4n) is 1.88. The van der Waals surface area contributed by atoms with E-state index in [1.165, 1.54) is 29.9 Å². The molecule has 3 aromatic rings. The number of methoxy groups -OCH3 is 1. The number of sulfonamides is 1. The lowest BCUT2D eigenvalue weighted by molar-refractivity contribution is 0.0602. The van der Waals surface area contributed by atoms with E-state index in [2.05, 4.69) is 14.4 Å². The number of aromatic nitrogens is 1. The Bertz CT molecular complexity index is 943. The number of thiophene rings is 1. The number of hydrogen-bond donors (Lipinski definition) is 1. The van der Waals surface area contributed by atoms with Crippen molar-refractivity contribution in [3.63, 3.8) is 0 Å². The highest BCUT2D eigenvalue weighted by molar-refractivity contribution is 7.93. The molecule has 6 nitrogen and oxygen atoms in total. The van der Waals surface area contributed by atoms with E-state index in [0.717, 1.165) is 21.6 Å². The van der Waals surface area contributed by atoms with Crippen molar-refractivity contribution in [2.75, 3.05) is 11.8 Å². The van der Waals surface area contributed by atoms with Gasteiger partial charge in [-0.25, -0.2) is 18.2 Å². The number of esters is 1. The highest BCUT2D eigenvalue weighted by atomic mass is 32.2. The summed E-state index contributed by atoms with van der Waals surface area (Å²) in [5.41, 5.74) is 2.91. The minimum Gasteiger partial charge on any atom is -0.465 e. The minimum atomic E-state index is -3.86. The fourth-order valence-corrected chi connectivity index (χ4v) is 4.98. The van der Waals surface area contributed by atoms with Gasteiger partial charge in [0.15, 0.2) is 0 Å². The molecule has 0 saturated heterocycles. The summed E-state index contributed by atoms with van der Waals surface area (Å²) in [4.78, 5) is 15.7. The van der Waals surface area contributed by atoms with Crippen LogP contribution in [0.25, 0.3) is 10.2 Å². The van der Waals surface area contributed by atoms with E-state index >= 15 is 0 Å². The molecule has 1 aromatic carbocycles. The van der Waals surface area contributed by atoms with E-state index in [-0.39, 0.29) is 9.77 Å². The van der Waals surface area contributed by atoms with Crippen molar-refractivity contribution < 1.29 is 17.9 Å². The zero-order valence-electron chi connectivity index (χ0n) is 11.3. The highest BCUT2D eigenvalue weighted by Crippen LogP contribution is 2.27. The molecule has 0 saturated carbocycles. The maximum absolute atomic E-state index is 12.5. The molecule has 3 rings (SSSR count). The van der Waals surface area contributed by atoms with Gasteiger partial charge in [-0.1, -0.05) is 0 Å². The molecule has 0 aliphatic carbocycles. The number of carbonyl (C=O) groups excluding carboxylic acids is 1. The van der Waals surface area contributed by atoms with Crippen LogP contribution in [0.15, 0.2) is 40.1 Å². The number of rotatable bonds is 4. The van der Waals surface area contributed by atoms with Crippen molar-refractivity contribution in [1.82, 2.24) is 4.98 Å². The third-order valence-corrected chi connectivity index (χ3v) is 6.11. The predicted octanol–water partition coefficient (Wildman–Crippen LogP) is 2.95. The number of nitrogens with one attached hydrogen (secondary N) is 1. The van der Waals surface area contributed by atoms with Gasteiger partial charge in [0.25, 0.3) is 10.0 Å². The Kier molecular flexibility index (Phi) is 3.85. The first-order valence-electron chi connectivity index (χ1n) is 6.03. The summed E-state index contributed by atoms with van der Waals surface area (Å²) in [6, 6.07) is 6.45. The Morgan fingerprint density at radius 3 is 2.86 bits per heavy atom. The van der Waals surface area contributed by atoms with Gasteiger partial charge in [-0.2, -0.15) is 0 Å². The lowest BCUT2D eigenvalue weighted by Gasteiger charge is -2.08. The third kappa shape index (κ3) is 2.70. The molecule has 0 aliphatic heterocycles. The Labute approximate surface area is 134 Å². The number of benzene rings is 1. The molecule has 114 valence electrons. The second-order valence-corrected chi connectivity index (χ2v) is 7.70. The highest BCUT2D eigenvalue weighted by Gasteiger charge is 2.24. The van der Waals surface area contributed by atoms with Crippen LogP contribution in [0.1, 0.15) is 9.67 Å². The maximum atomic E-state index is 12.5. The summed E-state index contributed by atoms with van der Waals surface area (Å²) < 4.78 is 32.9. The minimum absolute atomic E-state index is 0.0499. The molecule has 0 spiro atoms. The maximum Gasteiger partial charge on any atom is 0.349 e. The molecule has 0 amide bonds. The SMILES string of the molecule is COC(=O)c1sccc1S(=O)(=O)Nc1ccc2ncsc2c1. The van der Waals surface area contributed by atoms with Gasteiger partial charge < -0.3 is 4.74 Å². The molecule has 9 heteroatoms. The number of anilines is 1. The Hall–Kier alpha value is -1.97. The number of ether oxygens (including phenoxy) is 1. The summed E-state index contributed by atoms with van der Waals surface area (Å²) in [6.45, 7) is 0. The van der Waals surface area contributed by atoms with Gasteiger partial charge in [0.05, 0.1) is 28.5 Å². The second kappa shape index (κ2) is 5.67. The molecule has 22 heavy (non-hydrogen) atoms. The zero-order chi connectivity index (χ0) is 15.7. The van der Waals surface area contributed by atoms with Crippen LogP contribution in [0.2, 0.25) is 0 Å². The van der Waals surface area contributed by atoms with Crippen LogP contribution >= 0.6 is 22.7 Å². The summed E-state index contributed by atoms with van der Waals surface area (Å²) in [7, 11) is -2.65. The van der Waals surface area contributed by atoms with Crippen molar-refractivity contribution in [1.29, 1.82) is 0 Å². The van der Waals surface area contributed by atoms with Crippen molar-refractivity contribution in [2.45, 2.75) is 4.90 Å². The van der Waals surface area contributed by atoms with E-state index in [1.807, 2.05) is 0 Å². The van der Waals surface area contributed by atoms with Crippen molar-refractivity contribution in [3.8, 4) is 0 Å². The average Bonchev–Trinajstić information content (AvgIpc) is 3.14. The molecular formula is C13H10N2O4S3. The molecule has 1 N–H and O–H groups in total. The van der Waals surface area contributed by atoms with Gasteiger partial charge >= 0.3 is 5.97 Å². The van der Waals surface area contributed by atoms with Crippen molar-refractivity contribution in [3.05, 3.63) is 40.0 Å². The molecule has 2 aromatic heterocycles. The number of carbonyl (C=O) groups is 1. The van der Waals surface area contributed by atoms with Gasteiger partial charge in [0.2, 0.25) is 0 Å². The van der Waals surface area contributed by atoms with E-state index in [9.17, 15) is 13.2 Å². The van der Waals surface area contributed by atoms with Gasteiger partial charge in [-0.15, -0.1) is 22.7 Å². The normalized spacial score (nSPS) is 11.5. The lowest BCUT2D eigenvalue weighted by Crippen LogP contribution is -2.15. The average molecular weight is 354 g/mol. The molecule has 0 bridgehead atoms. The van der Waals surface area contributed by atoms with E-state index in [0.29, 0.717) is 5.69 Å². The lowest BCUT2D eigenvalue weighted by atomic mass is 10.3. The van der Waals surface area contributed by atoms with Crippen LogP contribution in [0, 0.1) is 0 Å². The quantitative estimate of drug-likeness (QED) is 0.728. The summed E-state index contributed by atoms with van der Waals surface area (Å²) in [5.74, 6) is -0.673. The molecule has 0 aliphatic rings. The number of fused-ring (bicyclic) bond motifs is 1. The Morgan fingerprint density at radius 2 is 2.09 bits per heavy atom. The second-order valence-electron chi connectivity index (χ2n) is 4.25. The monoisotopic (exact) mass is 354 g/mol. The fraction of sp³-hybridized carbons (Fsp3) is 0.0769. The predicted molar refractivity (Wildman–Crippen MR) is 86.1 cm³/mol. The van der Waals surface area contributed by atoms with Crippen LogP contribution in [0.4, 0.5) is 5.69 Å². The Balaban J connectivity index is 1.96. The number of thiazole rings is 1.